The fourth-order valence-corrected chi connectivity index (χ4v) is 6.36. The van der Waals surface area contributed by atoms with E-state index in [1.54, 1.807) is 11.3 Å². The molecule has 0 spiro atoms. The van der Waals surface area contributed by atoms with Crippen molar-refractivity contribution < 1.29 is 0 Å². The molecule has 5 rings (SSSR count). The first-order valence-electron chi connectivity index (χ1n) is 9.48. The molecule has 1 heterocycles. The lowest BCUT2D eigenvalue weighted by Crippen LogP contribution is -2.23. The molecular weight excluding hydrogens is 414 g/mol. The minimum atomic E-state index is 0.0671. The Hall–Kier alpha value is -1.97. The SMILES string of the molecule is CCC1(CC)c2ccccc2-c2cccc(-c3nc4cccc(Br)c4s3)c21. The third-order valence-corrected chi connectivity index (χ3v) is 8.14. The molecule has 0 unspecified atom stereocenters. The number of thiazole rings is 1. The highest BCUT2D eigenvalue weighted by atomic mass is 79.9. The van der Waals surface area contributed by atoms with Crippen molar-refractivity contribution in [2.75, 3.05) is 0 Å². The molecule has 0 atom stereocenters. The maximum Gasteiger partial charge on any atom is 0.124 e. The molecule has 1 nitrogen and oxygen atoms in total. The molecule has 0 radical (unpaired) electrons. The Morgan fingerprint density at radius 3 is 2.33 bits per heavy atom. The van der Waals surface area contributed by atoms with Crippen molar-refractivity contribution in [3.63, 3.8) is 0 Å². The number of benzene rings is 3. The van der Waals surface area contributed by atoms with Crippen molar-refractivity contribution in [1.82, 2.24) is 4.98 Å². The molecule has 0 saturated carbocycles. The van der Waals surface area contributed by atoms with Crippen LogP contribution in [0.4, 0.5) is 0 Å². The summed E-state index contributed by atoms with van der Waals surface area (Å²) in [5, 5.41) is 1.12. The van der Waals surface area contributed by atoms with Gasteiger partial charge in [-0.3, -0.25) is 0 Å². The summed E-state index contributed by atoms with van der Waals surface area (Å²) in [6, 6.07) is 21.9. The smallest absolute Gasteiger partial charge is 0.124 e. The molecule has 27 heavy (non-hydrogen) atoms. The lowest BCUT2D eigenvalue weighted by Gasteiger charge is -2.31. The standard InChI is InChI=1S/C24H20BrNS/c1-3-24(4-2)18-12-6-5-9-15(18)16-10-7-11-17(21(16)24)23-26-20-14-8-13-19(25)22(20)27-23/h5-14H,3-4H2,1-2H3. The van der Waals surface area contributed by atoms with Crippen LogP contribution in [0.25, 0.3) is 31.9 Å². The van der Waals surface area contributed by atoms with Crippen LogP contribution in [-0.2, 0) is 5.41 Å². The van der Waals surface area contributed by atoms with Crippen molar-refractivity contribution in [1.29, 1.82) is 0 Å². The van der Waals surface area contributed by atoms with Gasteiger partial charge in [0.1, 0.15) is 5.01 Å². The van der Waals surface area contributed by atoms with Crippen LogP contribution < -0.4 is 0 Å². The van der Waals surface area contributed by atoms with Gasteiger partial charge in [0.15, 0.2) is 0 Å². The van der Waals surface area contributed by atoms with E-state index in [1.165, 1.54) is 32.5 Å². The number of rotatable bonds is 3. The highest BCUT2D eigenvalue weighted by molar-refractivity contribution is 9.10. The molecule has 0 fully saturated rings. The van der Waals surface area contributed by atoms with Crippen LogP contribution in [0, 0.1) is 0 Å². The van der Waals surface area contributed by atoms with Gasteiger partial charge in [0, 0.05) is 15.5 Å². The Balaban J connectivity index is 1.84. The first-order valence-corrected chi connectivity index (χ1v) is 11.1. The van der Waals surface area contributed by atoms with E-state index < -0.39 is 0 Å². The fraction of sp³-hybridized carbons (Fsp3) is 0.208. The molecule has 1 aliphatic carbocycles. The average Bonchev–Trinajstić information content (AvgIpc) is 3.27. The molecule has 3 aromatic carbocycles. The monoisotopic (exact) mass is 433 g/mol. The third-order valence-electron chi connectivity index (χ3n) is 6.08. The Morgan fingerprint density at radius 1 is 0.852 bits per heavy atom. The lowest BCUT2D eigenvalue weighted by molar-refractivity contribution is 0.491. The molecule has 1 aliphatic rings. The van der Waals surface area contributed by atoms with Crippen LogP contribution in [0.2, 0.25) is 0 Å². The zero-order valence-electron chi connectivity index (χ0n) is 15.4. The average molecular weight is 434 g/mol. The molecule has 3 heteroatoms. The summed E-state index contributed by atoms with van der Waals surface area (Å²) in [6.07, 6.45) is 2.19. The summed E-state index contributed by atoms with van der Waals surface area (Å²) in [7, 11) is 0. The zero-order chi connectivity index (χ0) is 18.6. The van der Waals surface area contributed by atoms with E-state index in [2.05, 4.69) is 90.4 Å². The van der Waals surface area contributed by atoms with Crippen LogP contribution in [-0.4, -0.2) is 4.98 Å². The number of aromatic nitrogens is 1. The first kappa shape index (κ1) is 17.2. The highest BCUT2D eigenvalue weighted by Gasteiger charge is 2.42. The van der Waals surface area contributed by atoms with Gasteiger partial charge < -0.3 is 0 Å². The maximum absolute atomic E-state index is 5.01. The Morgan fingerprint density at radius 2 is 1.56 bits per heavy atom. The molecule has 0 N–H and O–H groups in total. The molecule has 0 aliphatic heterocycles. The van der Waals surface area contributed by atoms with Gasteiger partial charge in [-0.15, -0.1) is 11.3 Å². The molecule has 0 saturated heterocycles. The van der Waals surface area contributed by atoms with Gasteiger partial charge >= 0.3 is 0 Å². The predicted octanol–water partition coefficient (Wildman–Crippen LogP) is 7.81. The summed E-state index contributed by atoms with van der Waals surface area (Å²) in [5.74, 6) is 0. The Bertz CT molecular complexity index is 1170. The normalized spacial score (nSPS) is 14.3. The van der Waals surface area contributed by atoms with Gasteiger partial charge in [-0.1, -0.05) is 62.4 Å². The third kappa shape index (κ3) is 2.31. The van der Waals surface area contributed by atoms with Gasteiger partial charge in [0.25, 0.3) is 0 Å². The molecule has 0 bridgehead atoms. The van der Waals surface area contributed by atoms with Gasteiger partial charge in [0.2, 0.25) is 0 Å². The second-order valence-electron chi connectivity index (χ2n) is 7.17. The van der Waals surface area contributed by atoms with E-state index >= 15 is 0 Å². The number of nitrogens with zero attached hydrogens (tertiary/aromatic N) is 1. The van der Waals surface area contributed by atoms with E-state index in [-0.39, 0.29) is 5.41 Å². The largest absolute Gasteiger partial charge is 0.236 e. The van der Waals surface area contributed by atoms with Crippen LogP contribution in [0.1, 0.15) is 37.8 Å². The molecule has 0 amide bonds. The number of hydrogen-bond donors (Lipinski definition) is 0. The Labute approximate surface area is 172 Å². The van der Waals surface area contributed by atoms with Crippen molar-refractivity contribution in [3.8, 4) is 21.7 Å². The minimum Gasteiger partial charge on any atom is -0.236 e. The summed E-state index contributed by atoms with van der Waals surface area (Å²) in [4.78, 5) is 5.01. The van der Waals surface area contributed by atoms with Gasteiger partial charge in [-0.2, -0.15) is 0 Å². The van der Waals surface area contributed by atoms with Crippen LogP contribution >= 0.6 is 27.3 Å². The van der Waals surface area contributed by atoms with Crippen LogP contribution in [0.5, 0.6) is 0 Å². The highest BCUT2D eigenvalue weighted by Crippen LogP contribution is 2.56. The predicted molar refractivity (Wildman–Crippen MR) is 120 cm³/mol. The van der Waals surface area contributed by atoms with E-state index in [1.807, 2.05) is 0 Å². The fourth-order valence-electron chi connectivity index (χ4n) is 4.76. The first-order chi connectivity index (χ1) is 13.2. The van der Waals surface area contributed by atoms with Crippen LogP contribution in [0.3, 0.4) is 0 Å². The van der Waals surface area contributed by atoms with Crippen molar-refractivity contribution in [2.45, 2.75) is 32.1 Å². The summed E-state index contributed by atoms with van der Waals surface area (Å²) in [6.45, 7) is 4.64. The molecule has 4 aromatic rings. The van der Waals surface area contributed by atoms with E-state index in [4.69, 9.17) is 4.98 Å². The lowest BCUT2D eigenvalue weighted by atomic mass is 9.72. The summed E-state index contributed by atoms with van der Waals surface area (Å²) >= 11 is 5.47. The van der Waals surface area contributed by atoms with Crippen molar-refractivity contribution >= 4 is 37.5 Å². The quantitative estimate of drug-likeness (QED) is 0.320. The van der Waals surface area contributed by atoms with Gasteiger partial charge in [-0.05, 0) is 63.2 Å². The molecular formula is C24H20BrNS. The molecule has 134 valence electrons. The van der Waals surface area contributed by atoms with E-state index in [9.17, 15) is 0 Å². The minimum absolute atomic E-state index is 0.0671. The second kappa shape index (κ2) is 6.29. The Kier molecular flexibility index (Phi) is 3.99. The summed E-state index contributed by atoms with van der Waals surface area (Å²) in [5.41, 5.74) is 8.13. The maximum atomic E-state index is 5.01. The van der Waals surface area contributed by atoms with E-state index in [0.717, 1.165) is 27.8 Å². The topological polar surface area (TPSA) is 12.9 Å². The number of hydrogen-bond acceptors (Lipinski definition) is 2. The number of halogens is 1. The van der Waals surface area contributed by atoms with Crippen molar-refractivity contribution in [3.05, 3.63) is 76.3 Å². The second-order valence-corrected chi connectivity index (χ2v) is 9.02. The number of fused-ring (bicyclic) bond motifs is 4. The zero-order valence-corrected chi connectivity index (χ0v) is 17.8. The summed E-state index contributed by atoms with van der Waals surface area (Å²) < 4.78 is 2.34. The van der Waals surface area contributed by atoms with Crippen molar-refractivity contribution in [2.24, 2.45) is 0 Å². The molecule has 1 aromatic heterocycles. The van der Waals surface area contributed by atoms with Gasteiger partial charge in [-0.25, -0.2) is 4.98 Å². The van der Waals surface area contributed by atoms with Gasteiger partial charge in [0.05, 0.1) is 10.2 Å². The van der Waals surface area contributed by atoms with E-state index in [0.29, 0.717) is 0 Å². The van der Waals surface area contributed by atoms with Crippen LogP contribution in [0.15, 0.2) is 65.1 Å².